The van der Waals surface area contributed by atoms with E-state index < -0.39 is 29.3 Å². The van der Waals surface area contributed by atoms with E-state index in [9.17, 15) is 22.8 Å². The van der Waals surface area contributed by atoms with Crippen LogP contribution in [0.3, 0.4) is 0 Å². The maximum absolute atomic E-state index is 14.4. The van der Waals surface area contributed by atoms with Crippen LogP contribution in [-0.2, 0) is 44.8 Å². The standard InChI is InChI=1S/C31H37F3N4O5/c1-41-26-19-42-12-8-25(26)36-23-14-27-30(15-23,9-11-38(27)29(40)43-18-20-5-3-2-4-6-20)28(39)37-10-7-24-21(17-37)13-22(16-35-24)31(32,33)34/h2-6,13,16,23,25-27,36H,7-12,14-15,17-19H2,1H3/t23-,25?,26?,27-,30-/m1/s1. The number of rotatable bonds is 6. The van der Waals surface area contributed by atoms with E-state index in [1.165, 1.54) is 0 Å². The summed E-state index contributed by atoms with van der Waals surface area (Å²) >= 11 is 0. The number of methoxy groups -OCH3 is 1. The number of benzene rings is 1. The van der Waals surface area contributed by atoms with Crippen molar-refractivity contribution >= 4 is 12.0 Å². The number of aromatic nitrogens is 1. The van der Waals surface area contributed by atoms with Crippen molar-refractivity contribution in [3.8, 4) is 0 Å². The summed E-state index contributed by atoms with van der Waals surface area (Å²) in [6.45, 7) is 2.01. The Bertz CT molecular complexity index is 1330. The topological polar surface area (TPSA) is 93.2 Å². The summed E-state index contributed by atoms with van der Waals surface area (Å²) in [5, 5.41) is 3.70. The zero-order valence-electron chi connectivity index (χ0n) is 24.1. The number of amides is 2. The second-order valence-corrected chi connectivity index (χ2v) is 12.0. The van der Waals surface area contributed by atoms with E-state index in [1.807, 2.05) is 30.3 Å². The van der Waals surface area contributed by atoms with Crippen molar-refractivity contribution in [3.63, 3.8) is 0 Å². The van der Waals surface area contributed by atoms with Crippen molar-refractivity contribution in [1.29, 1.82) is 0 Å². The summed E-state index contributed by atoms with van der Waals surface area (Å²) in [7, 11) is 1.65. The normalized spacial score (nSPS) is 28.8. The van der Waals surface area contributed by atoms with Crippen LogP contribution in [0.4, 0.5) is 18.0 Å². The van der Waals surface area contributed by atoms with Crippen LogP contribution in [-0.4, -0.2) is 84.4 Å². The van der Waals surface area contributed by atoms with Crippen molar-refractivity contribution < 1.29 is 37.0 Å². The van der Waals surface area contributed by atoms with Gasteiger partial charge in [0.1, 0.15) is 6.61 Å². The Kier molecular flexibility index (Phi) is 8.36. The highest BCUT2D eigenvalue weighted by molar-refractivity contribution is 5.86. The van der Waals surface area contributed by atoms with E-state index >= 15 is 0 Å². The lowest BCUT2D eigenvalue weighted by Gasteiger charge is -2.38. The fraction of sp³-hybridized carbons (Fsp3) is 0.581. The molecule has 1 aliphatic carbocycles. The van der Waals surface area contributed by atoms with Crippen molar-refractivity contribution in [2.45, 2.75) is 75.7 Å². The van der Waals surface area contributed by atoms with E-state index in [2.05, 4.69) is 10.3 Å². The largest absolute Gasteiger partial charge is 0.445 e. The van der Waals surface area contributed by atoms with Crippen molar-refractivity contribution in [2.75, 3.05) is 33.4 Å². The van der Waals surface area contributed by atoms with Crippen molar-refractivity contribution in [3.05, 3.63) is 65.0 Å². The molecule has 1 aromatic heterocycles. The van der Waals surface area contributed by atoms with Gasteiger partial charge in [-0.1, -0.05) is 30.3 Å². The van der Waals surface area contributed by atoms with Gasteiger partial charge in [-0.15, -0.1) is 0 Å². The molecule has 3 aliphatic heterocycles. The van der Waals surface area contributed by atoms with Crippen LogP contribution in [0.1, 0.15) is 48.1 Å². The molecule has 1 aromatic carbocycles. The molecule has 2 aromatic rings. The average molecular weight is 603 g/mol. The molecule has 0 bridgehead atoms. The number of hydrogen-bond acceptors (Lipinski definition) is 7. The molecule has 12 heteroatoms. The molecule has 1 saturated carbocycles. The van der Waals surface area contributed by atoms with Gasteiger partial charge in [0.2, 0.25) is 5.91 Å². The first-order valence-corrected chi connectivity index (χ1v) is 14.9. The number of fused-ring (bicyclic) bond motifs is 2. The van der Waals surface area contributed by atoms with Gasteiger partial charge in [-0.3, -0.25) is 9.78 Å². The molecular weight excluding hydrogens is 565 g/mol. The maximum Gasteiger partial charge on any atom is 0.417 e. The van der Waals surface area contributed by atoms with Crippen LogP contribution in [0, 0.1) is 5.41 Å². The third kappa shape index (κ3) is 5.97. The molecule has 0 spiro atoms. The predicted molar refractivity (Wildman–Crippen MR) is 149 cm³/mol. The third-order valence-electron chi connectivity index (χ3n) is 9.51. The SMILES string of the molecule is COC1COCCC1N[C@@H]1C[C@H]2N(C(=O)OCc3ccccc3)CC[C@@]2(C(=O)N2CCc3ncc(C(F)(F)F)cc3C2)C1. The van der Waals surface area contributed by atoms with E-state index in [0.29, 0.717) is 63.2 Å². The molecule has 1 N–H and O–H groups in total. The summed E-state index contributed by atoms with van der Waals surface area (Å²) in [6.07, 6.45) is -1.57. The third-order valence-corrected chi connectivity index (χ3v) is 9.51. The van der Waals surface area contributed by atoms with Gasteiger partial charge in [-0.2, -0.15) is 13.2 Å². The number of carbonyl (C=O) groups excluding carboxylic acids is 2. The number of hydrogen-bond donors (Lipinski definition) is 1. The van der Waals surface area contributed by atoms with Crippen molar-refractivity contribution in [2.24, 2.45) is 5.41 Å². The highest BCUT2D eigenvalue weighted by Crippen LogP contribution is 2.51. The molecule has 232 valence electrons. The zero-order chi connectivity index (χ0) is 30.2. The van der Waals surface area contributed by atoms with Gasteiger partial charge in [0.05, 0.1) is 29.7 Å². The van der Waals surface area contributed by atoms with E-state index in [1.54, 1.807) is 16.9 Å². The van der Waals surface area contributed by atoms with Crippen LogP contribution in [0.5, 0.6) is 0 Å². The molecule has 9 nitrogen and oxygen atoms in total. The van der Waals surface area contributed by atoms with Crippen LogP contribution >= 0.6 is 0 Å². The number of likely N-dealkylation sites (tertiary alicyclic amines) is 1. The summed E-state index contributed by atoms with van der Waals surface area (Å²) in [6, 6.07) is 10.1. The molecule has 2 unspecified atom stereocenters. The highest BCUT2D eigenvalue weighted by Gasteiger charge is 2.61. The summed E-state index contributed by atoms with van der Waals surface area (Å²) < 4.78 is 57.2. The van der Waals surface area contributed by atoms with Crippen LogP contribution < -0.4 is 5.32 Å². The minimum absolute atomic E-state index is 0.0435. The lowest BCUT2D eigenvalue weighted by molar-refractivity contribution is -0.143. The minimum Gasteiger partial charge on any atom is -0.445 e. The smallest absolute Gasteiger partial charge is 0.417 e. The predicted octanol–water partition coefficient (Wildman–Crippen LogP) is 3.94. The second kappa shape index (κ2) is 12.0. The summed E-state index contributed by atoms with van der Waals surface area (Å²) in [5.74, 6) is -0.126. The Morgan fingerprint density at radius 2 is 2.02 bits per heavy atom. The first-order valence-electron chi connectivity index (χ1n) is 14.9. The van der Waals surface area contributed by atoms with Gasteiger partial charge in [0.15, 0.2) is 0 Å². The molecule has 3 fully saturated rings. The number of pyridine rings is 1. The molecule has 2 amide bonds. The first kappa shape index (κ1) is 29.8. The van der Waals surface area contributed by atoms with Gasteiger partial charge in [-0.25, -0.2) is 4.79 Å². The molecule has 0 radical (unpaired) electrons. The van der Waals surface area contributed by atoms with Crippen LogP contribution in [0.25, 0.3) is 0 Å². The lowest BCUT2D eigenvalue weighted by atomic mass is 9.80. The number of halogens is 3. The summed E-state index contributed by atoms with van der Waals surface area (Å²) in [5.41, 5.74) is 0.174. The monoisotopic (exact) mass is 602 g/mol. The molecule has 4 heterocycles. The van der Waals surface area contributed by atoms with Gasteiger partial charge >= 0.3 is 12.3 Å². The van der Waals surface area contributed by atoms with E-state index in [4.69, 9.17) is 14.2 Å². The van der Waals surface area contributed by atoms with Crippen molar-refractivity contribution in [1.82, 2.24) is 20.1 Å². The van der Waals surface area contributed by atoms with Gasteiger partial charge < -0.3 is 29.3 Å². The first-order chi connectivity index (χ1) is 20.7. The molecule has 43 heavy (non-hydrogen) atoms. The fourth-order valence-electron chi connectivity index (χ4n) is 7.32. The maximum atomic E-state index is 14.4. The van der Waals surface area contributed by atoms with Gasteiger partial charge in [0.25, 0.3) is 0 Å². The number of nitrogens with one attached hydrogen (secondary N) is 1. The summed E-state index contributed by atoms with van der Waals surface area (Å²) in [4.78, 5) is 35.2. The Balaban J connectivity index is 1.23. The van der Waals surface area contributed by atoms with Gasteiger partial charge in [-0.05, 0) is 42.9 Å². The molecule has 4 aliphatic rings. The highest BCUT2D eigenvalue weighted by atomic mass is 19.4. The molecule has 6 rings (SSSR count). The Morgan fingerprint density at radius 3 is 2.79 bits per heavy atom. The number of ether oxygens (including phenoxy) is 3. The van der Waals surface area contributed by atoms with E-state index in [0.717, 1.165) is 24.2 Å². The fourth-order valence-corrected chi connectivity index (χ4v) is 7.32. The second-order valence-electron chi connectivity index (χ2n) is 12.0. The minimum atomic E-state index is -4.52. The molecule has 5 atom stereocenters. The lowest BCUT2D eigenvalue weighted by Crippen LogP contribution is -2.51. The Labute approximate surface area is 248 Å². The quantitative estimate of drug-likeness (QED) is 0.536. The number of nitrogens with zero attached hydrogens (tertiary/aromatic N) is 3. The van der Waals surface area contributed by atoms with E-state index in [-0.39, 0.29) is 37.2 Å². The number of alkyl halides is 3. The Hall–Kier alpha value is -3.22. The molecule has 2 saturated heterocycles. The number of carbonyl (C=O) groups is 2. The average Bonchev–Trinajstić information content (AvgIpc) is 3.55. The van der Waals surface area contributed by atoms with Crippen LogP contribution in [0.15, 0.2) is 42.6 Å². The van der Waals surface area contributed by atoms with Crippen LogP contribution in [0.2, 0.25) is 0 Å². The molecular formula is C31H37F3N4O5. The van der Waals surface area contributed by atoms with Gasteiger partial charge in [0, 0.05) is 63.7 Å². The zero-order valence-corrected chi connectivity index (χ0v) is 24.1. The Morgan fingerprint density at radius 1 is 1.21 bits per heavy atom.